The minimum absolute atomic E-state index is 0.179. The van der Waals surface area contributed by atoms with Crippen LogP contribution in [0.4, 0.5) is 11.4 Å². The fraction of sp³-hybridized carbons (Fsp3) is 0.138. The van der Waals surface area contributed by atoms with Gasteiger partial charge in [-0.1, -0.05) is 64.5 Å². The third kappa shape index (κ3) is 4.94. The van der Waals surface area contributed by atoms with E-state index in [4.69, 9.17) is 10.1 Å². The lowest BCUT2D eigenvalue weighted by molar-refractivity contribution is 0.630. The molecule has 0 aliphatic rings. The van der Waals surface area contributed by atoms with Gasteiger partial charge in [0.15, 0.2) is 5.69 Å². The van der Waals surface area contributed by atoms with E-state index in [2.05, 4.69) is 33.0 Å². The number of hydrogen-bond acceptors (Lipinski definition) is 5. The minimum Gasteiger partial charge on any atom is -0.378 e. The average molecular weight is 588 g/mol. The van der Waals surface area contributed by atoms with Gasteiger partial charge in [0.05, 0.1) is 23.3 Å². The van der Waals surface area contributed by atoms with Gasteiger partial charge in [-0.05, 0) is 42.8 Å². The molecule has 0 fully saturated rings. The summed E-state index contributed by atoms with van der Waals surface area (Å²) in [5.41, 5.74) is 5.69. The molecule has 0 radical (unpaired) electrons. The zero-order valence-electron chi connectivity index (χ0n) is 21.5. The van der Waals surface area contributed by atoms with Crippen molar-refractivity contribution in [2.75, 3.05) is 19.0 Å². The van der Waals surface area contributed by atoms with Gasteiger partial charge >= 0.3 is 0 Å². The van der Waals surface area contributed by atoms with Crippen molar-refractivity contribution in [3.8, 4) is 16.9 Å². The molecule has 3 aromatic carbocycles. The van der Waals surface area contributed by atoms with Gasteiger partial charge in [0.2, 0.25) is 4.80 Å². The van der Waals surface area contributed by atoms with Crippen LogP contribution in [-0.2, 0) is 7.05 Å². The standard InChI is InChI=1S/C29H27BrN6OS/c1-20-27(28(37)36(34(20)4)23-10-6-5-7-11-23)32-29-35(26(19-38-29)24-12-8-9-13-25(24)30)31-18-21-14-16-22(17-15-21)33(2)3/h5-19H,1-4H3. The molecule has 2 aromatic heterocycles. The quantitative estimate of drug-likeness (QED) is 0.231. The van der Waals surface area contributed by atoms with Crippen molar-refractivity contribution < 1.29 is 0 Å². The second-order valence-corrected chi connectivity index (χ2v) is 10.6. The lowest BCUT2D eigenvalue weighted by Gasteiger charge is -2.11. The van der Waals surface area contributed by atoms with Crippen molar-refractivity contribution in [2.45, 2.75) is 6.92 Å². The van der Waals surface area contributed by atoms with E-state index < -0.39 is 0 Å². The summed E-state index contributed by atoms with van der Waals surface area (Å²) < 4.78 is 6.21. The van der Waals surface area contributed by atoms with Gasteiger partial charge < -0.3 is 4.90 Å². The molecule has 0 unspecified atom stereocenters. The monoisotopic (exact) mass is 586 g/mol. The third-order valence-corrected chi connectivity index (χ3v) is 7.81. The first-order valence-electron chi connectivity index (χ1n) is 12.0. The van der Waals surface area contributed by atoms with Gasteiger partial charge in [0.25, 0.3) is 5.56 Å². The molecule has 0 saturated carbocycles. The Morgan fingerprint density at radius 3 is 2.32 bits per heavy atom. The first-order valence-corrected chi connectivity index (χ1v) is 13.7. The number of rotatable bonds is 6. The van der Waals surface area contributed by atoms with E-state index in [9.17, 15) is 4.79 Å². The maximum Gasteiger partial charge on any atom is 0.297 e. The summed E-state index contributed by atoms with van der Waals surface area (Å²) in [6.45, 7) is 1.90. The molecular formula is C29H27BrN6OS. The van der Waals surface area contributed by atoms with Crippen LogP contribution in [0.1, 0.15) is 11.3 Å². The highest BCUT2D eigenvalue weighted by molar-refractivity contribution is 9.10. The van der Waals surface area contributed by atoms with Crippen LogP contribution in [0.3, 0.4) is 0 Å². The molecule has 0 aliphatic carbocycles. The highest BCUT2D eigenvalue weighted by atomic mass is 79.9. The molecule has 0 atom stereocenters. The number of nitrogens with zero attached hydrogens (tertiary/aromatic N) is 6. The van der Waals surface area contributed by atoms with E-state index in [1.54, 1.807) is 9.36 Å². The van der Waals surface area contributed by atoms with Crippen LogP contribution in [0.2, 0.25) is 0 Å². The topological polar surface area (TPSA) is 59.8 Å². The summed E-state index contributed by atoms with van der Waals surface area (Å²) in [6.07, 6.45) is 1.81. The number of anilines is 1. The molecule has 0 aliphatic heterocycles. The Balaban J connectivity index is 1.67. The molecular weight excluding hydrogens is 560 g/mol. The Kier molecular flexibility index (Phi) is 7.31. The van der Waals surface area contributed by atoms with Crippen LogP contribution in [0.25, 0.3) is 16.9 Å². The Hall–Kier alpha value is -3.95. The summed E-state index contributed by atoms with van der Waals surface area (Å²) in [7, 11) is 5.89. The van der Waals surface area contributed by atoms with Crippen molar-refractivity contribution in [3.63, 3.8) is 0 Å². The lowest BCUT2D eigenvalue weighted by Crippen LogP contribution is -2.19. The number of benzene rings is 3. The molecule has 0 bridgehead atoms. The molecule has 0 amide bonds. The molecule has 0 spiro atoms. The third-order valence-electron chi connectivity index (χ3n) is 6.30. The molecule has 192 valence electrons. The molecule has 38 heavy (non-hydrogen) atoms. The molecule has 7 nitrogen and oxygen atoms in total. The Morgan fingerprint density at radius 1 is 0.947 bits per heavy atom. The highest BCUT2D eigenvalue weighted by Crippen LogP contribution is 2.28. The number of thiazole rings is 1. The molecule has 9 heteroatoms. The summed E-state index contributed by atoms with van der Waals surface area (Å²) in [4.78, 5) is 21.0. The van der Waals surface area contributed by atoms with Crippen LogP contribution in [-0.4, -0.2) is 34.3 Å². The Morgan fingerprint density at radius 2 is 1.63 bits per heavy atom. The van der Waals surface area contributed by atoms with Gasteiger partial charge in [0, 0.05) is 42.2 Å². The maximum absolute atomic E-state index is 13.5. The van der Waals surface area contributed by atoms with Gasteiger partial charge in [-0.3, -0.25) is 9.48 Å². The largest absolute Gasteiger partial charge is 0.378 e. The summed E-state index contributed by atoms with van der Waals surface area (Å²) in [6, 6.07) is 25.7. The van der Waals surface area contributed by atoms with E-state index in [1.165, 1.54) is 11.3 Å². The van der Waals surface area contributed by atoms with Crippen molar-refractivity contribution in [3.05, 3.63) is 115 Å². The Labute approximate surface area is 233 Å². The second kappa shape index (κ2) is 10.8. The molecule has 2 heterocycles. The van der Waals surface area contributed by atoms with Crippen molar-refractivity contribution in [1.82, 2.24) is 14.0 Å². The SMILES string of the molecule is Cc1c(N=c2scc(-c3ccccc3Br)n2N=Cc2ccc(N(C)C)cc2)c(=O)n(-c2ccccc2)n1C. The van der Waals surface area contributed by atoms with Crippen LogP contribution in [0.5, 0.6) is 0 Å². The van der Waals surface area contributed by atoms with E-state index in [0.717, 1.165) is 38.4 Å². The van der Waals surface area contributed by atoms with E-state index >= 15 is 0 Å². The minimum atomic E-state index is -0.179. The van der Waals surface area contributed by atoms with Crippen LogP contribution in [0.15, 0.2) is 104 Å². The van der Waals surface area contributed by atoms with Crippen LogP contribution in [0, 0.1) is 6.92 Å². The van der Waals surface area contributed by atoms with E-state index in [-0.39, 0.29) is 5.56 Å². The van der Waals surface area contributed by atoms with Crippen molar-refractivity contribution in [2.24, 2.45) is 17.1 Å². The first-order chi connectivity index (χ1) is 18.3. The van der Waals surface area contributed by atoms with Gasteiger partial charge in [-0.15, -0.1) is 11.3 Å². The second-order valence-electron chi connectivity index (χ2n) is 8.95. The number of halogens is 1. The van der Waals surface area contributed by atoms with E-state index in [0.29, 0.717) is 10.5 Å². The molecule has 0 saturated heterocycles. The van der Waals surface area contributed by atoms with Crippen LogP contribution < -0.4 is 15.3 Å². The van der Waals surface area contributed by atoms with Gasteiger partial charge in [-0.2, -0.15) is 5.10 Å². The van der Waals surface area contributed by atoms with Crippen molar-refractivity contribution >= 4 is 44.9 Å². The Bertz CT molecular complexity index is 1740. The number of aromatic nitrogens is 3. The summed E-state index contributed by atoms with van der Waals surface area (Å²) >= 11 is 5.11. The number of hydrogen-bond donors (Lipinski definition) is 0. The maximum atomic E-state index is 13.5. The fourth-order valence-electron chi connectivity index (χ4n) is 4.10. The fourth-order valence-corrected chi connectivity index (χ4v) is 5.43. The average Bonchev–Trinajstić information content (AvgIpc) is 3.41. The van der Waals surface area contributed by atoms with Crippen LogP contribution >= 0.6 is 27.3 Å². The van der Waals surface area contributed by atoms with Gasteiger partial charge in [0.1, 0.15) is 0 Å². The predicted octanol–water partition coefficient (Wildman–Crippen LogP) is 5.96. The predicted molar refractivity (Wildman–Crippen MR) is 160 cm³/mol. The highest BCUT2D eigenvalue weighted by Gasteiger charge is 2.17. The summed E-state index contributed by atoms with van der Waals surface area (Å²) in [5, 5.41) is 6.84. The smallest absolute Gasteiger partial charge is 0.297 e. The molecule has 0 N–H and O–H groups in total. The molecule has 5 rings (SSSR count). The number of para-hydroxylation sites is 1. The van der Waals surface area contributed by atoms with E-state index in [1.807, 2.05) is 111 Å². The van der Waals surface area contributed by atoms with Crippen molar-refractivity contribution in [1.29, 1.82) is 0 Å². The van der Waals surface area contributed by atoms with Gasteiger partial charge in [-0.25, -0.2) is 14.4 Å². The normalized spacial score (nSPS) is 12.0. The molecule has 5 aromatic rings. The zero-order chi connectivity index (χ0) is 26.8. The zero-order valence-corrected chi connectivity index (χ0v) is 23.9. The first kappa shape index (κ1) is 25.7. The lowest BCUT2D eigenvalue weighted by atomic mass is 10.2. The summed E-state index contributed by atoms with van der Waals surface area (Å²) in [5.74, 6) is 0.